The molecule has 1 aliphatic heterocycles. The van der Waals surface area contributed by atoms with Crippen LogP contribution in [-0.4, -0.2) is 54.0 Å². The SMILES string of the molecule is COc1cccc(C(C)N2CCN(C(=O)c3ccccc3OCc3cscn3)CC2)c1. The normalized spacial score (nSPS) is 15.5. The van der Waals surface area contributed by atoms with E-state index in [1.165, 1.54) is 16.9 Å². The molecule has 1 aromatic heterocycles. The zero-order valence-electron chi connectivity index (χ0n) is 17.9. The summed E-state index contributed by atoms with van der Waals surface area (Å²) in [6.45, 7) is 5.59. The van der Waals surface area contributed by atoms with Crippen molar-refractivity contribution < 1.29 is 14.3 Å². The number of thiazole rings is 1. The maximum absolute atomic E-state index is 13.2. The average molecular weight is 438 g/mol. The standard InChI is InChI=1S/C24H27N3O3S/c1-18(19-6-5-7-21(14-19)29-2)26-10-12-27(13-11-26)24(28)22-8-3-4-9-23(22)30-15-20-16-31-17-25-20/h3-9,14,16-18H,10-13,15H2,1-2H3. The lowest BCUT2D eigenvalue weighted by atomic mass is 10.1. The summed E-state index contributed by atoms with van der Waals surface area (Å²) in [5.41, 5.74) is 4.47. The first-order valence-electron chi connectivity index (χ1n) is 10.4. The molecule has 0 spiro atoms. The number of carbonyl (C=O) groups excluding carboxylic acids is 1. The van der Waals surface area contributed by atoms with E-state index in [4.69, 9.17) is 9.47 Å². The molecule has 0 saturated carbocycles. The Balaban J connectivity index is 1.38. The van der Waals surface area contributed by atoms with E-state index in [-0.39, 0.29) is 11.9 Å². The Hall–Kier alpha value is -2.90. The number of carbonyl (C=O) groups is 1. The summed E-state index contributed by atoms with van der Waals surface area (Å²) in [6.07, 6.45) is 0. The fourth-order valence-electron chi connectivity index (χ4n) is 3.82. The second-order valence-electron chi connectivity index (χ2n) is 7.55. The minimum Gasteiger partial charge on any atom is -0.497 e. The Kier molecular flexibility index (Phi) is 6.84. The zero-order chi connectivity index (χ0) is 21.6. The number of hydrogen-bond acceptors (Lipinski definition) is 6. The molecule has 2 heterocycles. The predicted molar refractivity (Wildman–Crippen MR) is 122 cm³/mol. The van der Waals surface area contributed by atoms with E-state index in [0.29, 0.717) is 31.0 Å². The smallest absolute Gasteiger partial charge is 0.257 e. The lowest BCUT2D eigenvalue weighted by Crippen LogP contribution is -2.49. The van der Waals surface area contributed by atoms with Gasteiger partial charge in [0.25, 0.3) is 5.91 Å². The van der Waals surface area contributed by atoms with Crippen molar-refractivity contribution in [3.63, 3.8) is 0 Å². The summed E-state index contributed by atoms with van der Waals surface area (Å²) < 4.78 is 11.3. The Morgan fingerprint density at radius 1 is 1.13 bits per heavy atom. The molecular weight excluding hydrogens is 410 g/mol. The van der Waals surface area contributed by atoms with Crippen LogP contribution in [0.3, 0.4) is 0 Å². The minimum absolute atomic E-state index is 0.0163. The molecule has 2 aromatic carbocycles. The van der Waals surface area contributed by atoms with Crippen LogP contribution in [0.25, 0.3) is 0 Å². The van der Waals surface area contributed by atoms with Gasteiger partial charge in [0.15, 0.2) is 0 Å². The van der Waals surface area contributed by atoms with Crippen LogP contribution in [-0.2, 0) is 6.61 Å². The average Bonchev–Trinajstić information content (AvgIpc) is 3.36. The Morgan fingerprint density at radius 2 is 1.94 bits per heavy atom. The molecule has 0 aliphatic carbocycles. The summed E-state index contributed by atoms with van der Waals surface area (Å²) in [7, 11) is 1.69. The summed E-state index contributed by atoms with van der Waals surface area (Å²) in [5.74, 6) is 1.49. The number of piperazine rings is 1. The van der Waals surface area contributed by atoms with E-state index in [2.05, 4.69) is 28.9 Å². The number of rotatable bonds is 7. The van der Waals surface area contributed by atoms with Crippen molar-refractivity contribution in [2.24, 2.45) is 0 Å². The van der Waals surface area contributed by atoms with Gasteiger partial charge in [0.05, 0.1) is 23.9 Å². The molecular formula is C24H27N3O3S. The molecule has 1 amide bonds. The Bertz CT molecular complexity index is 1000. The highest BCUT2D eigenvalue weighted by Crippen LogP contribution is 2.26. The Labute approximate surface area is 187 Å². The van der Waals surface area contributed by atoms with E-state index >= 15 is 0 Å². The minimum atomic E-state index is 0.0163. The fraction of sp³-hybridized carbons (Fsp3) is 0.333. The van der Waals surface area contributed by atoms with Gasteiger partial charge in [-0.2, -0.15) is 0 Å². The largest absolute Gasteiger partial charge is 0.497 e. The van der Waals surface area contributed by atoms with Crippen LogP contribution in [0.4, 0.5) is 0 Å². The fourth-order valence-corrected chi connectivity index (χ4v) is 4.37. The van der Waals surface area contributed by atoms with Gasteiger partial charge in [-0.15, -0.1) is 11.3 Å². The third-order valence-corrected chi connectivity index (χ3v) is 6.34. The van der Waals surface area contributed by atoms with Crippen molar-refractivity contribution in [3.05, 3.63) is 76.2 Å². The first kappa shape index (κ1) is 21.3. The van der Waals surface area contributed by atoms with Gasteiger partial charge in [-0.1, -0.05) is 24.3 Å². The quantitative estimate of drug-likeness (QED) is 0.553. The van der Waals surface area contributed by atoms with E-state index in [1.54, 1.807) is 12.6 Å². The number of ether oxygens (including phenoxy) is 2. The molecule has 7 heteroatoms. The second kappa shape index (κ2) is 9.94. The number of para-hydroxylation sites is 1. The van der Waals surface area contributed by atoms with Crippen LogP contribution < -0.4 is 9.47 Å². The summed E-state index contributed by atoms with van der Waals surface area (Å²) >= 11 is 1.53. The van der Waals surface area contributed by atoms with E-state index < -0.39 is 0 Å². The molecule has 162 valence electrons. The molecule has 6 nitrogen and oxygen atoms in total. The molecule has 1 unspecified atom stereocenters. The van der Waals surface area contributed by atoms with Crippen molar-refractivity contribution in [1.82, 2.24) is 14.8 Å². The van der Waals surface area contributed by atoms with Gasteiger partial charge in [-0.25, -0.2) is 4.98 Å². The molecule has 1 saturated heterocycles. The van der Waals surface area contributed by atoms with E-state index in [1.807, 2.05) is 46.7 Å². The van der Waals surface area contributed by atoms with Gasteiger partial charge in [-0.05, 0) is 36.8 Å². The third kappa shape index (κ3) is 5.06. The molecule has 0 radical (unpaired) electrons. The van der Waals surface area contributed by atoms with Crippen LogP contribution in [0.2, 0.25) is 0 Å². The van der Waals surface area contributed by atoms with Crippen LogP contribution >= 0.6 is 11.3 Å². The van der Waals surface area contributed by atoms with Gasteiger partial charge < -0.3 is 14.4 Å². The number of methoxy groups -OCH3 is 1. The second-order valence-corrected chi connectivity index (χ2v) is 8.26. The number of hydrogen-bond donors (Lipinski definition) is 0. The molecule has 1 atom stereocenters. The van der Waals surface area contributed by atoms with Crippen LogP contribution in [0.5, 0.6) is 11.5 Å². The molecule has 0 bridgehead atoms. The van der Waals surface area contributed by atoms with Crippen molar-refractivity contribution in [2.75, 3.05) is 33.3 Å². The lowest BCUT2D eigenvalue weighted by Gasteiger charge is -2.38. The molecule has 1 fully saturated rings. The van der Waals surface area contributed by atoms with E-state index in [9.17, 15) is 4.79 Å². The van der Waals surface area contributed by atoms with Gasteiger partial charge in [0.1, 0.15) is 18.1 Å². The zero-order valence-corrected chi connectivity index (χ0v) is 18.7. The molecule has 31 heavy (non-hydrogen) atoms. The summed E-state index contributed by atoms with van der Waals surface area (Å²) in [5, 5.41) is 1.95. The van der Waals surface area contributed by atoms with Gasteiger partial charge >= 0.3 is 0 Å². The number of benzene rings is 2. The summed E-state index contributed by atoms with van der Waals surface area (Å²) in [4.78, 5) is 21.8. The third-order valence-electron chi connectivity index (χ3n) is 5.70. The first-order chi connectivity index (χ1) is 15.2. The van der Waals surface area contributed by atoms with Crippen LogP contribution in [0.1, 0.15) is 34.6 Å². The van der Waals surface area contributed by atoms with Gasteiger partial charge in [-0.3, -0.25) is 9.69 Å². The topological polar surface area (TPSA) is 54.9 Å². The van der Waals surface area contributed by atoms with Crippen molar-refractivity contribution in [1.29, 1.82) is 0 Å². The lowest BCUT2D eigenvalue weighted by molar-refractivity contribution is 0.0577. The molecule has 4 rings (SSSR count). The highest BCUT2D eigenvalue weighted by molar-refractivity contribution is 7.07. The highest BCUT2D eigenvalue weighted by atomic mass is 32.1. The monoisotopic (exact) mass is 437 g/mol. The van der Waals surface area contributed by atoms with E-state index in [0.717, 1.165) is 24.5 Å². The number of aromatic nitrogens is 1. The van der Waals surface area contributed by atoms with Gasteiger partial charge in [0.2, 0.25) is 0 Å². The van der Waals surface area contributed by atoms with Crippen LogP contribution in [0, 0.1) is 0 Å². The predicted octanol–water partition coefficient (Wildman–Crippen LogP) is 4.25. The highest BCUT2D eigenvalue weighted by Gasteiger charge is 2.27. The molecule has 3 aromatic rings. The number of nitrogens with zero attached hydrogens (tertiary/aromatic N) is 3. The van der Waals surface area contributed by atoms with Crippen molar-refractivity contribution in [2.45, 2.75) is 19.6 Å². The molecule has 1 aliphatic rings. The van der Waals surface area contributed by atoms with Crippen molar-refractivity contribution >= 4 is 17.2 Å². The van der Waals surface area contributed by atoms with Crippen molar-refractivity contribution in [3.8, 4) is 11.5 Å². The Morgan fingerprint density at radius 3 is 2.68 bits per heavy atom. The number of amides is 1. The maximum atomic E-state index is 13.2. The maximum Gasteiger partial charge on any atom is 0.257 e. The van der Waals surface area contributed by atoms with Crippen LogP contribution in [0.15, 0.2) is 59.4 Å². The van der Waals surface area contributed by atoms with Gasteiger partial charge in [0, 0.05) is 37.6 Å². The first-order valence-corrected chi connectivity index (χ1v) is 11.4. The summed E-state index contributed by atoms with van der Waals surface area (Å²) in [6, 6.07) is 15.9. The molecule has 0 N–H and O–H groups in total.